The van der Waals surface area contributed by atoms with Crippen molar-refractivity contribution < 1.29 is 4.74 Å². The monoisotopic (exact) mass is 285 g/mol. The molecule has 0 saturated carbocycles. The van der Waals surface area contributed by atoms with Crippen LogP contribution in [0.3, 0.4) is 0 Å². The Morgan fingerprint density at radius 3 is 2.86 bits per heavy atom. The Kier molecular flexibility index (Phi) is 4.24. The van der Waals surface area contributed by atoms with Crippen molar-refractivity contribution in [3.05, 3.63) is 56.9 Å². The molecule has 2 rings (SSSR count). The van der Waals surface area contributed by atoms with E-state index in [9.17, 15) is 9.59 Å². The Labute approximate surface area is 121 Å². The number of aromatic nitrogens is 2. The molecule has 0 saturated heterocycles. The van der Waals surface area contributed by atoms with Crippen molar-refractivity contribution in [2.75, 3.05) is 0 Å². The molecule has 0 spiro atoms. The van der Waals surface area contributed by atoms with Gasteiger partial charge in [-0.25, -0.2) is 4.79 Å². The number of H-pyrrole nitrogens is 1. The molecule has 0 aliphatic rings. The summed E-state index contributed by atoms with van der Waals surface area (Å²) in [5, 5.41) is 8.88. The van der Waals surface area contributed by atoms with E-state index in [1.54, 1.807) is 30.3 Å². The van der Waals surface area contributed by atoms with Gasteiger partial charge < -0.3 is 4.74 Å². The van der Waals surface area contributed by atoms with E-state index in [0.717, 1.165) is 6.42 Å². The minimum atomic E-state index is -0.689. The molecule has 1 unspecified atom stereocenters. The molecule has 108 valence electrons. The summed E-state index contributed by atoms with van der Waals surface area (Å²) in [6.45, 7) is 3.97. The van der Waals surface area contributed by atoms with E-state index in [0.29, 0.717) is 11.4 Å². The maximum absolute atomic E-state index is 11.9. The molecule has 0 aliphatic heterocycles. The van der Waals surface area contributed by atoms with Gasteiger partial charge in [-0.2, -0.15) is 5.26 Å². The Bertz CT molecular complexity index is 799. The van der Waals surface area contributed by atoms with Crippen LogP contribution in [0.2, 0.25) is 0 Å². The highest BCUT2D eigenvalue weighted by Gasteiger charge is 2.07. The predicted octanol–water partition coefficient (Wildman–Crippen LogP) is 1.57. The van der Waals surface area contributed by atoms with E-state index < -0.39 is 11.2 Å². The Hall–Kier alpha value is -2.81. The van der Waals surface area contributed by atoms with Crippen molar-refractivity contribution in [2.45, 2.75) is 26.4 Å². The van der Waals surface area contributed by atoms with Crippen LogP contribution in [-0.4, -0.2) is 15.7 Å². The maximum Gasteiger partial charge on any atom is 0.332 e. The van der Waals surface area contributed by atoms with Crippen LogP contribution in [0.1, 0.15) is 25.8 Å². The van der Waals surface area contributed by atoms with Crippen molar-refractivity contribution in [2.24, 2.45) is 0 Å². The van der Waals surface area contributed by atoms with Gasteiger partial charge in [-0.05, 0) is 25.5 Å². The third-order valence-electron chi connectivity index (χ3n) is 3.07. The normalized spacial score (nSPS) is 11.7. The van der Waals surface area contributed by atoms with Gasteiger partial charge in [0.1, 0.15) is 17.4 Å². The average Bonchev–Trinajstić information content (AvgIpc) is 2.47. The second-order valence-corrected chi connectivity index (χ2v) is 4.62. The van der Waals surface area contributed by atoms with Crippen LogP contribution in [0.5, 0.6) is 5.75 Å². The largest absolute Gasteiger partial charge is 0.491 e. The first-order chi connectivity index (χ1) is 10.0. The van der Waals surface area contributed by atoms with E-state index >= 15 is 0 Å². The van der Waals surface area contributed by atoms with Crippen molar-refractivity contribution >= 4 is 0 Å². The lowest BCUT2D eigenvalue weighted by Crippen LogP contribution is -2.30. The molecule has 1 aromatic heterocycles. The van der Waals surface area contributed by atoms with Gasteiger partial charge in [0.15, 0.2) is 0 Å². The summed E-state index contributed by atoms with van der Waals surface area (Å²) < 4.78 is 6.91. The van der Waals surface area contributed by atoms with Crippen molar-refractivity contribution in [3.63, 3.8) is 0 Å². The van der Waals surface area contributed by atoms with E-state index in [2.05, 4.69) is 4.98 Å². The highest BCUT2D eigenvalue weighted by Crippen LogP contribution is 2.17. The average molecular weight is 285 g/mol. The van der Waals surface area contributed by atoms with Crippen LogP contribution in [-0.2, 0) is 0 Å². The molecule has 2 aromatic rings. The molecule has 1 aromatic carbocycles. The molecular weight excluding hydrogens is 270 g/mol. The quantitative estimate of drug-likeness (QED) is 0.923. The van der Waals surface area contributed by atoms with Crippen LogP contribution >= 0.6 is 0 Å². The van der Waals surface area contributed by atoms with Crippen LogP contribution in [0, 0.1) is 11.3 Å². The first kappa shape index (κ1) is 14.6. The summed E-state index contributed by atoms with van der Waals surface area (Å²) in [5.41, 5.74) is -0.887. The molecule has 0 aliphatic carbocycles. The van der Waals surface area contributed by atoms with Crippen LogP contribution in [0.25, 0.3) is 5.69 Å². The smallest absolute Gasteiger partial charge is 0.332 e. The van der Waals surface area contributed by atoms with Gasteiger partial charge in [-0.15, -0.1) is 0 Å². The minimum Gasteiger partial charge on any atom is -0.491 e. The highest BCUT2D eigenvalue weighted by molar-refractivity contribution is 5.40. The second-order valence-electron chi connectivity index (χ2n) is 4.62. The highest BCUT2D eigenvalue weighted by atomic mass is 16.5. The van der Waals surface area contributed by atoms with Crippen molar-refractivity contribution in [3.8, 4) is 17.5 Å². The number of ether oxygens (including phenoxy) is 1. The van der Waals surface area contributed by atoms with Gasteiger partial charge in [-0.1, -0.05) is 13.0 Å². The number of nitrogens with zero attached hydrogens (tertiary/aromatic N) is 2. The predicted molar refractivity (Wildman–Crippen MR) is 77.8 cm³/mol. The fraction of sp³-hybridized carbons (Fsp3) is 0.267. The first-order valence-electron chi connectivity index (χ1n) is 6.58. The molecule has 0 bridgehead atoms. The third-order valence-corrected chi connectivity index (χ3v) is 3.07. The minimum absolute atomic E-state index is 0.0576. The van der Waals surface area contributed by atoms with E-state index in [1.165, 1.54) is 10.8 Å². The van der Waals surface area contributed by atoms with E-state index in [-0.39, 0.29) is 11.7 Å². The number of hydrogen-bond donors (Lipinski definition) is 1. The number of hydrogen-bond acceptors (Lipinski definition) is 4. The van der Waals surface area contributed by atoms with Gasteiger partial charge in [0.05, 0.1) is 11.8 Å². The number of rotatable bonds is 4. The van der Waals surface area contributed by atoms with Crippen LogP contribution in [0.15, 0.2) is 40.1 Å². The Morgan fingerprint density at radius 2 is 2.19 bits per heavy atom. The molecular formula is C15H15N3O3. The molecule has 1 N–H and O–H groups in total. The summed E-state index contributed by atoms with van der Waals surface area (Å²) in [7, 11) is 0. The number of aromatic amines is 1. The fourth-order valence-electron chi connectivity index (χ4n) is 1.76. The molecule has 0 amide bonds. The summed E-state index contributed by atoms with van der Waals surface area (Å²) in [5.74, 6) is 0.624. The lowest BCUT2D eigenvalue weighted by Gasteiger charge is -2.13. The Morgan fingerprint density at radius 1 is 1.43 bits per heavy atom. The maximum atomic E-state index is 11.9. The molecule has 1 atom stereocenters. The van der Waals surface area contributed by atoms with Crippen molar-refractivity contribution in [1.29, 1.82) is 5.26 Å². The number of nitriles is 1. The van der Waals surface area contributed by atoms with Crippen molar-refractivity contribution in [1.82, 2.24) is 9.55 Å². The summed E-state index contributed by atoms with van der Waals surface area (Å²) >= 11 is 0. The number of nitrogens with one attached hydrogen (secondary N) is 1. The lowest BCUT2D eigenvalue weighted by atomic mass is 10.2. The van der Waals surface area contributed by atoms with Gasteiger partial charge in [0.25, 0.3) is 5.56 Å². The number of benzene rings is 1. The van der Waals surface area contributed by atoms with Crippen LogP contribution < -0.4 is 16.0 Å². The Balaban J connectivity index is 2.48. The molecule has 0 radical (unpaired) electrons. The summed E-state index contributed by atoms with van der Waals surface area (Å²) in [4.78, 5) is 25.4. The second kappa shape index (κ2) is 6.09. The molecule has 1 heterocycles. The molecule has 6 heteroatoms. The van der Waals surface area contributed by atoms with Gasteiger partial charge in [0, 0.05) is 12.3 Å². The zero-order valence-corrected chi connectivity index (χ0v) is 11.8. The third kappa shape index (κ3) is 3.20. The van der Waals surface area contributed by atoms with Gasteiger partial charge in [-0.3, -0.25) is 14.3 Å². The van der Waals surface area contributed by atoms with Crippen LogP contribution in [0.4, 0.5) is 0 Å². The summed E-state index contributed by atoms with van der Waals surface area (Å²) in [6.07, 6.45) is 2.15. The molecule has 0 fully saturated rings. The van der Waals surface area contributed by atoms with E-state index in [4.69, 9.17) is 10.00 Å². The first-order valence-corrected chi connectivity index (χ1v) is 6.58. The molecule has 6 nitrogen and oxygen atoms in total. The topological polar surface area (TPSA) is 87.9 Å². The molecule has 21 heavy (non-hydrogen) atoms. The fourth-order valence-corrected chi connectivity index (χ4v) is 1.76. The van der Waals surface area contributed by atoms with Gasteiger partial charge >= 0.3 is 5.69 Å². The standard InChI is InChI=1S/C15H15N3O3/c1-3-10(2)21-13-6-4-5-12(7-13)18-9-11(8-16)14(19)17-15(18)20/h4-7,9-10H,3H2,1-2H3,(H,17,19,20). The lowest BCUT2D eigenvalue weighted by molar-refractivity contribution is 0.217. The summed E-state index contributed by atoms with van der Waals surface area (Å²) in [6, 6.07) is 8.68. The van der Waals surface area contributed by atoms with Gasteiger partial charge in [0.2, 0.25) is 0 Å². The SMILES string of the molecule is CCC(C)Oc1cccc(-n2cc(C#N)c(=O)[nH]c2=O)c1. The zero-order chi connectivity index (χ0) is 15.4. The van der Waals surface area contributed by atoms with E-state index in [1.807, 2.05) is 13.8 Å². The zero-order valence-electron chi connectivity index (χ0n) is 11.8.